The van der Waals surface area contributed by atoms with Crippen LogP contribution >= 0.6 is 0 Å². The molecular weight excluding hydrogens is 250 g/mol. The lowest BCUT2D eigenvalue weighted by Gasteiger charge is -2.39. The molecule has 1 aromatic heterocycles. The Morgan fingerprint density at radius 3 is 2.60 bits per heavy atom. The van der Waals surface area contributed by atoms with Gasteiger partial charge in [0.05, 0.1) is 11.5 Å². The predicted octanol–water partition coefficient (Wildman–Crippen LogP) is 3.21. The van der Waals surface area contributed by atoms with Crippen LogP contribution in [0, 0.1) is 0 Å². The van der Waals surface area contributed by atoms with E-state index in [0.717, 1.165) is 25.1 Å². The summed E-state index contributed by atoms with van der Waals surface area (Å²) < 4.78 is 5.49. The molecule has 2 aromatic rings. The predicted molar refractivity (Wildman–Crippen MR) is 77.5 cm³/mol. The van der Waals surface area contributed by atoms with E-state index >= 15 is 0 Å². The monoisotopic (exact) mass is 271 g/mol. The van der Waals surface area contributed by atoms with Crippen LogP contribution in [0.1, 0.15) is 55.9 Å². The standard InChI is InChI=1S/C16H21N3O/c1-3-13(17-2)14-18-15(19-20-14)16(10-7-11-16)12-8-5-4-6-9-12/h4-6,8-9,13,17H,3,7,10-11H2,1-2H3. The summed E-state index contributed by atoms with van der Waals surface area (Å²) in [7, 11) is 1.92. The minimum Gasteiger partial charge on any atom is -0.338 e. The van der Waals surface area contributed by atoms with E-state index < -0.39 is 0 Å². The molecule has 1 fully saturated rings. The first-order chi connectivity index (χ1) is 9.80. The summed E-state index contributed by atoms with van der Waals surface area (Å²) in [5.74, 6) is 1.55. The van der Waals surface area contributed by atoms with Crippen LogP contribution in [0.15, 0.2) is 34.9 Å². The second kappa shape index (κ2) is 5.37. The van der Waals surface area contributed by atoms with E-state index in [2.05, 4.69) is 46.6 Å². The minimum atomic E-state index is -0.0327. The molecule has 1 N–H and O–H groups in total. The van der Waals surface area contributed by atoms with E-state index in [-0.39, 0.29) is 11.5 Å². The van der Waals surface area contributed by atoms with Gasteiger partial charge in [0.15, 0.2) is 5.82 Å². The van der Waals surface area contributed by atoms with Crippen molar-refractivity contribution >= 4 is 0 Å². The van der Waals surface area contributed by atoms with Crippen molar-refractivity contribution in [3.05, 3.63) is 47.6 Å². The van der Waals surface area contributed by atoms with Crippen molar-refractivity contribution in [1.29, 1.82) is 0 Å². The van der Waals surface area contributed by atoms with Crippen LogP contribution in [0.3, 0.4) is 0 Å². The molecule has 1 heterocycles. The molecule has 0 amide bonds. The molecular formula is C16H21N3O. The van der Waals surface area contributed by atoms with Gasteiger partial charge in [-0.05, 0) is 31.9 Å². The van der Waals surface area contributed by atoms with Gasteiger partial charge in [0, 0.05) is 0 Å². The number of hydrogen-bond donors (Lipinski definition) is 1. The summed E-state index contributed by atoms with van der Waals surface area (Å²) in [6, 6.07) is 10.7. The third-order valence-corrected chi connectivity index (χ3v) is 4.46. The number of hydrogen-bond acceptors (Lipinski definition) is 4. The lowest BCUT2D eigenvalue weighted by atomic mass is 9.64. The first kappa shape index (κ1) is 13.3. The van der Waals surface area contributed by atoms with Crippen molar-refractivity contribution in [2.75, 3.05) is 7.05 Å². The molecule has 4 heteroatoms. The highest BCUT2D eigenvalue weighted by molar-refractivity contribution is 5.35. The maximum absolute atomic E-state index is 5.49. The molecule has 1 aromatic carbocycles. The van der Waals surface area contributed by atoms with Gasteiger partial charge in [-0.15, -0.1) is 0 Å². The molecule has 3 rings (SSSR count). The summed E-state index contributed by atoms with van der Waals surface area (Å²) in [6.45, 7) is 2.11. The molecule has 1 saturated carbocycles. The highest BCUT2D eigenvalue weighted by Crippen LogP contribution is 2.47. The molecule has 1 aliphatic carbocycles. The van der Waals surface area contributed by atoms with E-state index in [0.29, 0.717) is 5.89 Å². The molecule has 0 bridgehead atoms. The Morgan fingerprint density at radius 1 is 1.30 bits per heavy atom. The SMILES string of the molecule is CCC(NC)c1nc(C2(c3ccccc3)CCC2)no1. The van der Waals surface area contributed by atoms with E-state index in [9.17, 15) is 0 Å². The van der Waals surface area contributed by atoms with Crippen LogP contribution in [-0.4, -0.2) is 17.2 Å². The highest BCUT2D eigenvalue weighted by atomic mass is 16.5. The molecule has 20 heavy (non-hydrogen) atoms. The Kier molecular flexibility index (Phi) is 3.57. The topological polar surface area (TPSA) is 51.0 Å². The number of nitrogens with zero attached hydrogens (tertiary/aromatic N) is 2. The third kappa shape index (κ3) is 2.04. The molecule has 4 nitrogen and oxygen atoms in total. The van der Waals surface area contributed by atoms with E-state index in [4.69, 9.17) is 4.52 Å². The number of aromatic nitrogens is 2. The molecule has 1 atom stereocenters. The second-order valence-electron chi connectivity index (χ2n) is 5.51. The highest BCUT2D eigenvalue weighted by Gasteiger charge is 2.44. The fraction of sp³-hybridized carbons (Fsp3) is 0.500. The zero-order valence-electron chi connectivity index (χ0n) is 12.1. The summed E-state index contributed by atoms with van der Waals surface area (Å²) in [4.78, 5) is 4.68. The summed E-state index contributed by atoms with van der Waals surface area (Å²) >= 11 is 0. The Morgan fingerprint density at radius 2 is 2.05 bits per heavy atom. The zero-order chi connectivity index (χ0) is 14.0. The van der Waals surface area contributed by atoms with Crippen LogP contribution in [0.2, 0.25) is 0 Å². The third-order valence-electron chi connectivity index (χ3n) is 4.46. The van der Waals surface area contributed by atoms with E-state index in [1.54, 1.807) is 0 Å². The Labute approximate surface area is 119 Å². The van der Waals surface area contributed by atoms with Gasteiger partial charge in [-0.25, -0.2) is 0 Å². The Bertz CT molecular complexity index is 556. The maximum atomic E-state index is 5.49. The molecule has 1 unspecified atom stereocenters. The van der Waals surface area contributed by atoms with Gasteiger partial charge in [0.1, 0.15) is 0 Å². The molecule has 0 radical (unpaired) electrons. The molecule has 0 saturated heterocycles. The van der Waals surface area contributed by atoms with Crippen LogP contribution in [-0.2, 0) is 5.41 Å². The average molecular weight is 271 g/mol. The summed E-state index contributed by atoms with van der Waals surface area (Å²) in [6.07, 6.45) is 4.37. The summed E-state index contributed by atoms with van der Waals surface area (Å²) in [5.41, 5.74) is 1.27. The average Bonchev–Trinajstić information content (AvgIpc) is 2.90. The molecule has 106 valence electrons. The van der Waals surface area contributed by atoms with Gasteiger partial charge < -0.3 is 9.84 Å². The number of benzene rings is 1. The first-order valence-corrected chi connectivity index (χ1v) is 7.37. The first-order valence-electron chi connectivity index (χ1n) is 7.37. The molecule has 0 spiro atoms. The Hall–Kier alpha value is -1.68. The lowest BCUT2D eigenvalue weighted by molar-refractivity contribution is 0.268. The summed E-state index contributed by atoms with van der Waals surface area (Å²) in [5, 5.41) is 7.49. The van der Waals surface area contributed by atoms with Crippen molar-refractivity contribution in [1.82, 2.24) is 15.5 Å². The minimum absolute atomic E-state index is 0.0327. The van der Waals surface area contributed by atoms with Crippen molar-refractivity contribution in [2.45, 2.75) is 44.1 Å². The number of nitrogens with one attached hydrogen (secondary N) is 1. The van der Waals surface area contributed by atoms with Gasteiger partial charge in [0.25, 0.3) is 0 Å². The fourth-order valence-corrected chi connectivity index (χ4v) is 3.00. The molecule has 0 aliphatic heterocycles. The van der Waals surface area contributed by atoms with Gasteiger partial charge in [0.2, 0.25) is 5.89 Å². The quantitative estimate of drug-likeness (QED) is 0.907. The van der Waals surface area contributed by atoms with Crippen molar-refractivity contribution in [2.24, 2.45) is 0 Å². The fourth-order valence-electron chi connectivity index (χ4n) is 3.00. The van der Waals surface area contributed by atoms with Gasteiger partial charge in [-0.3, -0.25) is 0 Å². The van der Waals surface area contributed by atoms with Crippen molar-refractivity contribution in [3.8, 4) is 0 Å². The molecule has 1 aliphatic rings. The normalized spacial score (nSPS) is 18.5. The van der Waals surface area contributed by atoms with Crippen LogP contribution < -0.4 is 5.32 Å². The van der Waals surface area contributed by atoms with Gasteiger partial charge >= 0.3 is 0 Å². The van der Waals surface area contributed by atoms with E-state index in [1.807, 2.05) is 13.1 Å². The number of rotatable bonds is 5. The van der Waals surface area contributed by atoms with E-state index in [1.165, 1.54) is 12.0 Å². The van der Waals surface area contributed by atoms with Crippen LogP contribution in [0.4, 0.5) is 0 Å². The lowest BCUT2D eigenvalue weighted by Crippen LogP contribution is -2.36. The second-order valence-corrected chi connectivity index (χ2v) is 5.51. The van der Waals surface area contributed by atoms with Crippen LogP contribution in [0.5, 0.6) is 0 Å². The van der Waals surface area contributed by atoms with Gasteiger partial charge in [-0.2, -0.15) is 4.98 Å². The van der Waals surface area contributed by atoms with Gasteiger partial charge in [-0.1, -0.05) is 48.8 Å². The van der Waals surface area contributed by atoms with Crippen LogP contribution in [0.25, 0.3) is 0 Å². The Balaban J connectivity index is 1.95. The maximum Gasteiger partial charge on any atom is 0.243 e. The zero-order valence-corrected chi connectivity index (χ0v) is 12.1. The van der Waals surface area contributed by atoms with Crippen molar-refractivity contribution < 1.29 is 4.52 Å². The largest absolute Gasteiger partial charge is 0.338 e. The van der Waals surface area contributed by atoms with Crippen molar-refractivity contribution in [3.63, 3.8) is 0 Å². The smallest absolute Gasteiger partial charge is 0.243 e.